The average Bonchev–Trinajstić information content (AvgIpc) is 2.34. The molecule has 1 aliphatic carbocycles. The van der Waals surface area contributed by atoms with E-state index in [4.69, 9.17) is 0 Å². The Balaban J connectivity index is 1.70. The monoisotopic (exact) mass is 166 g/mol. The number of hydrogen-bond donors (Lipinski definition) is 1. The summed E-state index contributed by atoms with van der Waals surface area (Å²) in [7, 11) is 2.25. The summed E-state index contributed by atoms with van der Waals surface area (Å²) in [6.07, 6.45) is 7.23. The van der Waals surface area contributed by atoms with E-state index in [1.165, 1.54) is 32.5 Å². The van der Waals surface area contributed by atoms with Crippen LogP contribution in [0.3, 0.4) is 0 Å². The minimum atomic E-state index is 0.811. The third-order valence-electron chi connectivity index (χ3n) is 3.03. The molecule has 0 bridgehead atoms. The van der Waals surface area contributed by atoms with Crippen LogP contribution >= 0.6 is 0 Å². The zero-order valence-corrected chi connectivity index (χ0v) is 7.79. The van der Waals surface area contributed by atoms with E-state index in [9.17, 15) is 0 Å². The Hall–Kier alpha value is -0.340. The van der Waals surface area contributed by atoms with Gasteiger partial charge in [0.25, 0.3) is 0 Å². The van der Waals surface area contributed by atoms with Crippen LogP contribution in [0.4, 0.5) is 0 Å². The van der Waals surface area contributed by atoms with Crippen molar-refractivity contribution in [3.8, 4) is 0 Å². The zero-order chi connectivity index (χ0) is 8.39. The molecule has 1 aliphatic heterocycles. The van der Waals surface area contributed by atoms with Crippen LogP contribution in [0.15, 0.2) is 12.2 Å². The van der Waals surface area contributed by atoms with E-state index >= 15 is 0 Å². The molecular formula is C10H18N2. The molecule has 1 N–H and O–H groups in total. The highest BCUT2D eigenvalue weighted by Gasteiger charge is 2.23. The fourth-order valence-corrected chi connectivity index (χ4v) is 1.96. The van der Waals surface area contributed by atoms with Crippen LogP contribution in [-0.2, 0) is 0 Å². The van der Waals surface area contributed by atoms with Gasteiger partial charge in [0, 0.05) is 25.7 Å². The quantitative estimate of drug-likeness (QED) is 0.625. The van der Waals surface area contributed by atoms with E-state index in [2.05, 4.69) is 29.4 Å². The number of hydrogen-bond acceptors (Lipinski definition) is 2. The summed E-state index contributed by atoms with van der Waals surface area (Å²) >= 11 is 0. The molecule has 0 radical (unpaired) electrons. The fraction of sp³-hybridized carbons (Fsp3) is 0.800. The van der Waals surface area contributed by atoms with Crippen molar-refractivity contribution in [1.82, 2.24) is 10.2 Å². The van der Waals surface area contributed by atoms with E-state index in [-0.39, 0.29) is 0 Å². The molecule has 0 aromatic heterocycles. The van der Waals surface area contributed by atoms with Gasteiger partial charge in [-0.3, -0.25) is 0 Å². The van der Waals surface area contributed by atoms with Gasteiger partial charge in [0.15, 0.2) is 0 Å². The first-order valence-corrected chi connectivity index (χ1v) is 4.92. The molecule has 1 heterocycles. The van der Waals surface area contributed by atoms with Gasteiger partial charge in [0.05, 0.1) is 0 Å². The van der Waals surface area contributed by atoms with Crippen LogP contribution in [0, 0.1) is 5.92 Å². The number of rotatable bonds is 3. The van der Waals surface area contributed by atoms with Crippen LogP contribution in [0.25, 0.3) is 0 Å². The molecule has 0 atom stereocenters. The van der Waals surface area contributed by atoms with Crippen LogP contribution in [0.5, 0.6) is 0 Å². The van der Waals surface area contributed by atoms with Crippen molar-refractivity contribution in [3.05, 3.63) is 12.2 Å². The maximum atomic E-state index is 3.31. The molecular weight excluding hydrogens is 148 g/mol. The van der Waals surface area contributed by atoms with Gasteiger partial charge in [-0.1, -0.05) is 12.2 Å². The molecule has 68 valence electrons. The van der Waals surface area contributed by atoms with Crippen LogP contribution in [-0.4, -0.2) is 37.6 Å². The van der Waals surface area contributed by atoms with Gasteiger partial charge in [-0.25, -0.2) is 0 Å². The lowest BCUT2D eigenvalue weighted by Crippen LogP contribution is -2.56. The van der Waals surface area contributed by atoms with Gasteiger partial charge in [-0.2, -0.15) is 0 Å². The molecule has 12 heavy (non-hydrogen) atoms. The van der Waals surface area contributed by atoms with E-state index in [0.717, 1.165) is 12.0 Å². The Labute approximate surface area is 74.6 Å². The maximum absolute atomic E-state index is 3.31. The van der Waals surface area contributed by atoms with Crippen molar-refractivity contribution < 1.29 is 0 Å². The van der Waals surface area contributed by atoms with Gasteiger partial charge in [-0.05, 0) is 25.8 Å². The van der Waals surface area contributed by atoms with Crippen molar-refractivity contribution in [3.63, 3.8) is 0 Å². The first-order chi connectivity index (χ1) is 5.86. The summed E-state index contributed by atoms with van der Waals surface area (Å²) < 4.78 is 0. The van der Waals surface area contributed by atoms with Gasteiger partial charge in [-0.15, -0.1) is 0 Å². The van der Waals surface area contributed by atoms with Gasteiger partial charge < -0.3 is 10.2 Å². The molecule has 0 spiro atoms. The minimum absolute atomic E-state index is 0.811. The van der Waals surface area contributed by atoms with Gasteiger partial charge in [0.2, 0.25) is 0 Å². The highest BCUT2D eigenvalue weighted by molar-refractivity contribution is 4.96. The van der Waals surface area contributed by atoms with Crippen LogP contribution < -0.4 is 5.32 Å². The normalized spacial score (nSPS) is 25.2. The predicted octanol–water partition coefficient (Wildman–Crippen LogP) is 0.856. The standard InChI is InChI=1S/C10H18N2/c1-12(10-6-11-7-10)8-9-4-2-3-5-9/h2-3,9-11H,4-8H2,1H3. The first-order valence-electron chi connectivity index (χ1n) is 4.92. The Morgan fingerprint density at radius 2 is 2.00 bits per heavy atom. The molecule has 2 nitrogen and oxygen atoms in total. The fourth-order valence-electron chi connectivity index (χ4n) is 1.96. The lowest BCUT2D eigenvalue weighted by Gasteiger charge is -2.36. The molecule has 0 aromatic rings. The molecule has 0 amide bonds. The molecule has 2 heteroatoms. The molecule has 0 aromatic carbocycles. The number of nitrogens with zero attached hydrogens (tertiary/aromatic N) is 1. The van der Waals surface area contributed by atoms with Crippen molar-refractivity contribution in [1.29, 1.82) is 0 Å². The molecule has 0 saturated carbocycles. The highest BCUT2D eigenvalue weighted by atomic mass is 15.2. The summed E-state index contributed by atoms with van der Waals surface area (Å²) in [5, 5.41) is 3.31. The lowest BCUT2D eigenvalue weighted by molar-refractivity contribution is 0.158. The van der Waals surface area contributed by atoms with E-state index < -0.39 is 0 Å². The van der Waals surface area contributed by atoms with Crippen LogP contribution in [0.2, 0.25) is 0 Å². The molecule has 2 rings (SSSR count). The number of likely N-dealkylation sites (N-methyl/N-ethyl adjacent to an activating group) is 1. The number of allylic oxidation sites excluding steroid dienone is 2. The minimum Gasteiger partial charge on any atom is -0.314 e. The largest absolute Gasteiger partial charge is 0.314 e. The molecule has 1 saturated heterocycles. The van der Waals surface area contributed by atoms with E-state index in [0.29, 0.717) is 0 Å². The average molecular weight is 166 g/mol. The molecule has 1 fully saturated rings. The summed E-state index contributed by atoms with van der Waals surface area (Å²) in [4.78, 5) is 2.51. The highest BCUT2D eigenvalue weighted by Crippen LogP contribution is 2.19. The summed E-state index contributed by atoms with van der Waals surface area (Å²) in [6.45, 7) is 3.66. The zero-order valence-electron chi connectivity index (χ0n) is 7.79. The Kier molecular flexibility index (Phi) is 2.47. The SMILES string of the molecule is CN(CC1CC=CC1)C1CNC1. The maximum Gasteiger partial charge on any atom is 0.0342 e. The smallest absolute Gasteiger partial charge is 0.0342 e. The van der Waals surface area contributed by atoms with Crippen molar-refractivity contribution in [2.24, 2.45) is 5.92 Å². The first kappa shape index (κ1) is 8.27. The summed E-state index contributed by atoms with van der Waals surface area (Å²) in [6, 6.07) is 0.811. The topological polar surface area (TPSA) is 15.3 Å². The molecule has 2 aliphatic rings. The van der Waals surface area contributed by atoms with Crippen LogP contribution in [0.1, 0.15) is 12.8 Å². The van der Waals surface area contributed by atoms with Gasteiger partial charge in [0.1, 0.15) is 0 Å². The second-order valence-corrected chi connectivity index (χ2v) is 4.06. The Morgan fingerprint density at radius 1 is 1.33 bits per heavy atom. The van der Waals surface area contributed by atoms with Crippen molar-refractivity contribution >= 4 is 0 Å². The predicted molar refractivity (Wildman–Crippen MR) is 51.2 cm³/mol. The summed E-state index contributed by atoms with van der Waals surface area (Å²) in [5.74, 6) is 0.899. The Bertz CT molecular complexity index is 165. The van der Waals surface area contributed by atoms with E-state index in [1.54, 1.807) is 0 Å². The summed E-state index contributed by atoms with van der Waals surface area (Å²) in [5.41, 5.74) is 0. The third-order valence-corrected chi connectivity index (χ3v) is 3.03. The molecule has 0 unspecified atom stereocenters. The second-order valence-electron chi connectivity index (χ2n) is 4.06. The second kappa shape index (κ2) is 3.58. The Morgan fingerprint density at radius 3 is 2.50 bits per heavy atom. The van der Waals surface area contributed by atoms with Crippen molar-refractivity contribution in [2.75, 3.05) is 26.7 Å². The van der Waals surface area contributed by atoms with Gasteiger partial charge >= 0.3 is 0 Å². The van der Waals surface area contributed by atoms with E-state index in [1.807, 2.05) is 0 Å². The lowest BCUT2D eigenvalue weighted by atomic mass is 10.0. The van der Waals surface area contributed by atoms with Crippen molar-refractivity contribution in [2.45, 2.75) is 18.9 Å². The third kappa shape index (κ3) is 1.70. The number of nitrogens with one attached hydrogen (secondary N) is 1.